The minimum absolute atomic E-state index is 0.169. The highest BCUT2D eigenvalue weighted by Crippen LogP contribution is 2.33. The zero-order valence-electron chi connectivity index (χ0n) is 14.3. The molecule has 0 atom stereocenters. The molecule has 0 fully saturated rings. The van der Waals surface area contributed by atoms with Crippen molar-refractivity contribution in [1.29, 1.82) is 5.26 Å². The van der Waals surface area contributed by atoms with Crippen LogP contribution in [0.1, 0.15) is 45.0 Å². The van der Waals surface area contributed by atoms with Gasteiger partial charge >= 0.3 is 5.97 Å². The van der Waals surface area contributed by atoms with Gasteiger partial charge in [0.1, 0.15) is 10.9 Å². The van der Waals surface area contributed by atoms with Crippen LogP contribution in [-0.4, -0.2) is 21.0 Å². The summed E-state index contributed by atoms with van der Waals surface area (Å²) >= 11 is 1.53. The van der Waals surface area contributed by atoms with Crippen LogP contribution in [0.2, 0.25) is 0 Å². The molecule has 3 aromatic rings. The van der Waals surface area contributed by atoms with E-state index in [1.165, 1.54) is 28.3 Å². The molecule has 0 radical (unpaired) electrons. The minimum Gasteiger partial charge on any atom is -0.478 e. The second-order valence-electron chi connectivity index (χ2n) is 6.40. The highest BCUT2D eigenvalue weighted by atomic mass is 32.1. The lowest BCUT2D eigenvalue weighted by Gasteiger charge is -2.09. The molecule has 0 unspecified atom stereocenters. The van der Waals surface area contributed by atoms with Gasteiger partial charge in [0, 0.05) is 4.88 Å². The molecule has 0 saturated heterocycles. The Morgan fingerprint density at radius 3 is 2.70 bits per heavy atom. The number of aromatic amines is 1. The van der Waals surface area contributed by atoms with Crippen molar-refractivity contribution in [3.05, 3.63) is 62.0 Å². The summed E-state index contributed by atoms with van der Waals surface area (Å²) in [5, 5.41) is 19.2. The average molecular weight is 377 g/mol. The van der Waals surface area contributed by atoms with Crippen molar-refractivity contribution in [2.75, 3.05) is 0 Å². The van der Waals surface area contributed by atoms with Crippen molar-refractivity contribution in [2.24, 2.45) is 0 Å². The lowest BCUT2D eigenvalue weighted by atomic mass is 9.97. The van der Waals surface area contributed by atoms with E-state index in [-0.39, 0.29) is 22.5 Å². The van der Waals surface area contributed by atoms with Crippen LogP contribution in [0.15, 0.2) is 29.1 Å². The van der Waals surface area contributed by atoms with E-state index in [4.69, 9.17) is 5.11 Å². The monoisotopic (exact) mass is 377 g/mol. The van der Waals surface area contributed by atoms with Gasteiger partial charge in [0.2, 0.25) is 0 Å². The number of aromatic carboxylic acids is 1. The number of rotatable bonds is 3. The van der Waals surface area contributed by atoms with E-state index in [0.717, 1.165) is 31.2 Å². The molecule has 7 heteroatoms. The molecule has 134 valence electrons. The SMILES string of the molecule is N#C/C(=C/c1ccc(C(=O)O)cc1)c1nc2sc3c(c2c(=O)[nH]1)CCCC3. The molecule has 27 heavy (non-hydrogen) atoms. The largest absolute Gasteiger partial charge is 0.478 e. The Labute approximate surface area is 158 Å². The average Bonchev–Trinajstić information content (AvgIpc) is 3.05. The lowest BCUT2D eigenvalue weighted by molar-refractivity contribution is 0.0697. The number of benzene rings is 1. The fraction of sp³-hybridized carbons (Fsp3) is 0.200. The van der Waals surface area contributed by atoms with Crippen molar-refractivity contribution < 1.29 is 9.90 Å². The van der Waals surface area contributed by atoms with Crippen LogP contribution in [0.25, 0.3) is 21.9 Å². The van der Waals surface area contributed by atoms with Gasteiger partial charge in [0.05, 0.1) is 16.5 Å². The second-order valence-corrected chi connectivity index (χ2v) is 7.49. The molecule has 1 aliphatic carbocycles. The molecule has 0 saturated carbocycles. The van der Waals surface area contributed by atoms with Crippen LogP contribution in [0, 0.1) is 11.3 Å². The van der Waals surface area contributed by atoms with Gasteiger partial charge in [-0.25, -0.2) is 9.78 Å². The van der Waals surface area contributed by atoms with Crippen molar-refractivity contribution in [3.8, 4) is 6.07 Å². The fourth-order valence-corrected chi connectivity index (χ4v) is 4.60. The summed E-state index contributed by atoms with van der Waals surface area (Å²) in [6, 6.07) is 8.24. The number of carboxylic acids is 1. The van der Waals surface area contributed by atoms with Crippen LogP contribution in [0.3, 0.4) is 0 Å². The zero-order valence-corrected chi connectivity index (χ0v) is 15.1. The molecule has 2 aromatic heterocycles. The van der Waals surface area contributed by atoms with E-state index in [9.17, 15) is 14.9 Å². The molecule has 2 heterocycles. The highest BCUT2D eigenvalue weighted by molar-refractivity contribution is 7.18. The first-order valence-electron chi connectivity index (χ1n) is 8.57. The third kappa shape index (κ3) is 3.15. The number of nitrogens with one attached hydrogen (secondary N) is 1. The molecule has 0 amide bonds. The van der Waals surface area contributed by atoms with E-state index in [0.29, 0.717) is 15.8 Å². The van der Waals surface area contributed by atoms with Crippen LogP contribution in [-0.2, 0) is 12.8 Å². The van der Waals surface area contributed by atoms with Crippen LogP contribution in [0.5, 0.6) is 0 Å². The highest BCUT2D eigenvalue weighted by Gasteiger charge is 2.20. The summed E-state index contributed by atoms with van der Waals surface area (Å²) in [5.41, 5.74) is 1.95. The van der Waals surface area contributed by atoms with Crippen molar-refractivity contribution >= 4 is 39.2 Å². The van der Waals surface area contributed by atoms with E-state index >= 15 is 0 Å². The number of aromatic nitrogens is 2. The first-order chi connectivity index (χ1) is 13.1. The van der Waals surface area contributed by atoms with Crippen molar-refractivity contribution in [3.63, 3.8) is 0 Å². The van der Waals surface area contributed by atoms with Crippen LogP contribution < -0.4 is 5.56 Å². The van der Waals surface area contributed by atoms with E-state index in [2.05, 4.69) is 16.0 Å². The number of fused-ring (bicyclic) bond motifs is 3. The molecule has 6 nitrogen and oxygen atoms in total. The third-order valence-corrected chi connectivity index (χ3v) is 5.85. The number of aryl methyl sites for hydroxylation is 2. The Morgan fingerprint density at radius 2 is 2.00 bits per heavy atom. The topological polar surface area (TPSA) is 107 Å². The van der Waals surface area contributed by atoms with Gasteiger partial charge in [-0.3, -0.25) is 4.79 Å². The van der Waals surface area contributed by atoms with Gasteiger partial charge in [-0.1, -0.05) is 12.1 Å². The second kappa shape index (κ2) is 6.82. The zero-order chi connectivity index (χ0) is 19.0. The van der Waals surface area contributed by atoms with E-state index in [1.807, 2.05) is 0 Å². The normalized spacial score (nSPS) is 14.0. The molecule has 2 N–H and O–H groups in total. The number of nitriles is 1. The molecular weight excluding hydrogens is 362 g/mol. The molecule has 0 aliphatic heterocycles. The van der Waals surface area contributed by atoms with Gasteiger partial charge in [-0.05, 0) is 55.0 Å². The Hall–Kier alpha value is -3.24. The van der Waals surface area contributed by atoms with Gasteiger partial charge in [-0.2, -0.15) is 5.26 Å². The van der Waals surface area contributed by atoms with E-state index < -0.39 is 5.97 Å². The number of carbonyl (C=O) groups is 1. The maximum atomic E-state index is 12.6. The van der Waals surface area contributed by atoms with Crippen molar-refractivity contribution in [2.45, 2.75) is 25.7 Å². The molecule has 1 aliphatic rings. The lowest BCUT2D eigenvalue weighted by Crippen LogP contribution is -2.12. The fourth-order valence-electron chi connectivity index (χ4n) is 3.33. The quantitative estimate of drug-likeness (QED) is 0.678. The first kappa shape index (κ1) is 17.2. The summed E-state index contributed by atoms with van der Waals surface area (Å²) in [4.78, 5) is 32.7. The number of hydrogen-bond donors (Lipinski definition) is 2. The number of carboxylic acid groups (broad SMARTS) is 1. The van der Waals surface area contributed by atoms with Gasteiger partial charge in [-0.15, -0.1) is 11.3 Å². The maximum absolute atomic E-state index is 12.6. The summed E-state index contributed by atoms with van der Waals surface area (Å²) in [7, 11) is 0. The maximum Gasteiger partial charge on any atom is 0.335 e. The standard InChI is InChI=1S/C20H15N3O3S/c21-10-13(9-11-5-7-12(8-6-11)20(25)26)17-22-18(24)16-14-3-1-2-4-15(14)27-19(16)23-17/h5-9H,1-4H2,(H,25,26)(H,22,23,24)/b13-9-. The molecule has 4 rings (SSSR count). The number of thiophene rings is 1. The predicted molar refractivity (Wildman–Crippen MR) is 104 cm³/mol. The van der Waals surface area contributed by atoms with Crippen molar-refractivity contribution in [1.82, 2.24) is 9.97 Å². The number of nitrogens with zero attached hydrogens (tertiary/aromatic N) is 2. The van der Waals surface area contributed by atoms with E-state index in [1.54, 1.807) is 18.2 Å². The molecule has 0 spiro atoms. The summed E-state index contributed by atoms with van der Waals surface area (Å²) in [6.45, 7) is 0. The summed E-state index contributed by atoms with van der Waals surface area (Å²) in [6.07, 6.45) is 5.66. The summed E-state index contributed by atoms with van der Waals surface area (Å²) < 4.78 is 0. The summed E-state index contributed by atoms with van der Waals surface area (Å²) in [5.74, 6) is -0.778. The first-order valence-corrected chi connectivity index (χ1v) is 9.38. The predicted octanol–water partition coefficient (Wildman–Crippen LogP) is 3.63. The Bertz CT molecular complexity index is 1180. The molecule has 0 bridgehead atoms. The minimum atomic E-state index is -1.01. The Balaban J connectivity index is 1.78. The third-order valence-electron chi connectivity index (χ3n) is 4.67. The van der Waals surface area contributed by atoms with Crippen LogP contribution >= 0.6 is 11.3 Å². The number of allylic oxidation sites excluding steroid dienone is 1. The van der Waals surface area contributed by atoms with Gasteiger partial charge in [0.25, 0.3) is 5.56 Å². The Morgan fingerprint density at radius 1 is 1.26 bits per heavy atom. The smallest absolute Gasteiger partial charge is 0.335 e. The Kier molecular flexibility index (Phi) is 4.34. The van der Waals surface area contributed by atoms with Gasteiger partial charge < -0.3 is 10.1 Å². The van der Waals surface area contributed by atoms with Crippen LogP contribution in [0.4, 0.5) is 0 Å². The number of hydrogen-bond acceptors (Lipinski definition) is 5. The molecular formula is C20H15N3O3S. The van der Waals surface area contributed by atoms with Gasteiger partial charge in [0.15, 0.2) is 5.82 Å². The number of H-pyrrole nitrogens is 1. The molecule has 1 aromatic carbocycles.